The Hall–Kier alpha value is -1.71. The molecule has 0 saturated carbocycles. The van der Waals surface area contributed by atoms with Crippen molar-refractivity contribution in [1.29, 1.82) is 0 Å². The first-order valence-corrected chi connectivity index (χ1v) is 6.29. The average molecular weight is 296 g/mol. The van der Waals surface area contributed by atoms with Crippen molar-refractivity contribution in [2.45, 2.75) is 6.92 Å². The topological polar surface area (TPSA) is 49.3 Å². The Kier molecular flexibility index (Phi) is 3.98. The van der Waals surface area contributed by atoms with Crippen molar-refractivity contribution < 1.29 is 9.90 Å². The summed E-state index contributed by atoms with van der Waals surface area (Å²) >= 11 is 11.9. The second-order valence-corrected chi connectivity index (χ2v) is 4.95. The molecule has 0 radical (unpaired) electrons. The Labute approximate surface area is 120 Å². The molecule has 3 nitrogen and oxygen atoms in total. The highest BCUT2D eigenvalue weighted by Gasteiger charge is 2.11. The van der Waals surface area contributed by atoms with Crippen LogP contribution >= 0.6 is 23.2 Å². The maximum absolute atomic E-state index is 11.2. The molecule has 19 heavy (non-hydrogen) atoms. The number of hydrogen-bond acceptors (Lipinski definition) is 2. The van der Waals surface area contributed by atoms with Gasteiger partial charge in [-0.15, -0.1) is 0 Å². The molecule has 0 unspecified atom stereocenters. The quantitative estimate of drug-likeness (QED) is 0.859. The van der Waals surface area contributed by atoms with Crippen LogP contribution < -0.4 is 5.32 Å². The summed E-state index contributed by atoms with van der Waals surface area (Å²) in [5.41, 5.74) is 2.18. The second-order valence-electron chi connectivity index (χ2n) is 4.10. The van der Waals surface area contributed by atoms with Crippen LogP contribution in [0.3, 0.4) is 0 Å². The number of carboxylic acid groups (broad SMARTS) is 1. The molecule has 0 heterocycles. The van der Waals surface area contributed by atoms with Gasteiger partial charge in [0.2, 0.25) is 0 Å². The van der Waals surface area contributed by atoms with E-state index in [-0.39, 0.29) is 5.56 Å². The summed E-state index contributed by atoms with van der Waals surface area (Å²) in [6, 6.07) is 10.1. The zero-order valence-electron chi connectivity index (χ0n) is 10.1. The van der Waals surface area contributed by atoms with Crippen molar-refractivity contribution in [2.75, 3.05) is 5.32 Å². The molecule has 0 aromatic heterocycles. The van der Waals surface area contributed by atoms with E-state index in [4.69, 9.17) is 23.2 Å². The molecule has 0 aliphatic carbocycles. The van der Waals surface area contributed by atoms with Crippen LogP contribution in [0.2, 0.25) is 10.0 Å². The van der Waals surface area contributed by atoms with Crippen molar-refractivity contribution in [3.63, 3.8) is 0 Å². The molecule has 0 bridgehead atoms. The van der Waals surface area contributed by atoms with E-state index < -0.39 is 5.97 Å². The lowest BCUT2D eigenvalue weighted by atomic mass is 10.1. The van der Waals surface area contributed by atoms with Gasteiger partial charge in [-0.1, -0.05) is 34.8 Å². The van der Waals surface area contributed by atoms with Crippen LogP contribution in [0, 0.1) is 6.92 Å². The van der Waals surface area contributed by atoms with Crippen LogP contribution in [0.25, 0.3) is 0 Å². The first kappa shape index (κ1) is 13.7. The Balaban J connectivity index is 2.40. The standard InChI is InChI=1S/C14H11Cl2NO2/c1-8-2-4-12(10(6-8)14(18)19)17-13-5-3-9(15)7-11(13)16/h2-7,17H,1H3,(H,18,19). The monoisotopic (exact) mass is 295 g/mol. The molecule has 0 fully saturated rings. The van der Waals surface area contributed by atoms with Crippen LogP contribution in [0.1, 0.15) is 15.9 Å². The fourth-order valence-electron chi connectivity index (χ4n) is 1.68. The summed E-state index contributed by atoms with van der Waals surface area (Å²) in [7, 11) is 0. The number of nitrogens with one attached hydrogen (secondary N) is 1. The molecular weight excluding hydrogens is 285 g/mol. The minimum Gasteiger partial charge on any atom is -0.478 e. The predicted octanol–water partition coefficient (Wildman–Crippen LogP) is 4.74. The van der Waals surface area contributed by atoms with Gasteiger partial charge in [0.1, 0.15) is 0 Å². The van der Waals surface area contributed by atoms with Gasteiger partial charge < -0.3 is 10.4 Å². The number of carboxylic acids is 1. The van der Waals surface area contributed by atoms with Gasteiger partial charge >= 0.3 is 5.97 Å². The van der Waals surface area contributed by atoms with Crippen molar-refractivity contribution in [1.82, 2.24) is 0 Å². The van der Waals surface area contributed by atoms with E-state index >= 15 is 0 Å². The largest absolute Gasteiger partial charge is 0.478 e. The van der Waals surface area contributed by atoms with Gasteiger partial charge in [-0.25, -0.2) is 4.79 Å². The normalized spacial score (nSPS) is 10.3. The van der Waals surface area contributed by atoms with E-state index in [0.29, 0.717) is 21.4 Å². The maximum Gasteiger partial charge on any atom is 0.337 e. The van der Waals surface area contributed by atoms with Gasteiger partial charge in [0.05, 0.1) is 22.0 Å². The number of hydrogen-bond donors (Lipinski definition) is 2. The third-order valence-electron chi connectivity index (χ3n) is 2.61. The van der Waals surface area contributed by atoms with Crippen LogP contribution in [0.4, 0.5) is 11.4 Å². The SMILES string of the molecule is Cc1ccc(Nc2ccc(Cl)cc2Cl)c(C(=O)O)c1. The first-order valence-electron chi connectivity index (χ1n) is 5.53. The lowest BCUT2D eigenvalue weighted by molar-refractivity contribution is 0.0698. The van der Waals surface area contributed by atoms with Crippen molar-refractivity contribution >= 4 is 40.5 Å². The molecule has 0 atom stereocenters. The molecule has 0 saturated heterocycles. The lowest BCUT2D eigenvalue weighted by Crippen LogP contribution is -2.03. The summed E-state index contributed by atoms with van der Waals surface area (Å²) in [4.78, 5) is 11.2. The molecule has 98 valence electrons. The van der Waals surface area contributed by atoms with E-state index in [2.05, 4.69) is 5.32 Å². The Morgan fingerprint density at radius 1 is 1.11 bits per heavy atom. The third-order valence-corrected chi connectivity index (χ3v) is 3.15. The number of anilines is 2. The molecule has 2 rings (SSSR count). The van der Waals surface area contributed by atoms with Crippen LogP contribution in [-0.2, 0) is 0 Å². The van der Waals surface area contributed by atoms with E-state index in [1.165, 1.54) is 0 Å². The molecule has 0 aliphatic rings. The second kappa shape index (κ2) is 5.51. The van der Waals surface area contributed by atoms with Crippen LogP contribution in [-0.4, -0.2) is 11.1 Å². The summed E-state index contributed by atoms with van der Waals surface area (Å²) in [5.74, 6) is -0.990. The Morgan fingerprint density at radius 3 is 2.42 bits per heavy atom. The molecule has 0 aliphatic heterocycles. The fourth-order valence-corrected chi connectivity index (χ4v) is 2.14. The number of rotatable bonds is 3. The van der Waals surface area contributed by atoms with Crippen LogP contribution in [0.15, 0.2) is 36.4 Å². The van der Waals surface area contributed by atoms with Crippen LogP contribution in [0.5, 0.6) is 0 Å². The molecule has 2 N–H and O–H groups in total. The van der Waals surface area contributed by atoms with Crippen molar-refractivity contribution in [3.8, 4) is 0 Å². The minimum atomic E-state index is -0.990. The fraction of sp³-hybridized carbons (Fsp3) is 0.0714. The number of aryl methyl sites for hydroxylation is 1. The Bertz CT molecular complexity index is 641. The number of halogens is 2. The van der Waals surface area contributed by atoms with E-state index in [9.17, 15) is 9.90 Å². The molecular formula is C14H11Cl2NO2. The zero-order chi connectivity index (χ0) is 14.0. The molecule has 2 aromatic carbocycles. The smallest absolute Gasteiger partial charge is 0.337 e. The first-order chi connectivity index (χ1) is 8.97. The molecule has 0 spiro atoms. The summed E-state index contributed by atoms with van der Waals surface area (Å²) < 4.78 is 0. The van der Waals surface area contributed by atoms with Gasteiger partial charge in [-0.2, -0.15) is 0 Å². The number of aromatic carboxylic acids is 1. The summed E-state index contributed by atoms with van der Waals surface area (Å²) in [6.07, 6.45) is 0. The number of benzene rings is 2. The maximum atomic E-state index is 11.2. The van der Waals surface area contributed by atoms with Crippen molar-refractivity contribution in [3.05, 3.63) is 57.6 Å². The molecule has 5 heteroatoms. The van der Waals surface area contributed by atoms with Gasteiger partial charge in [0.15, 0.2) is 0 Å². The van der Waals surface area contributed by atoms with Crippen molar-refractivity contribution in [2.24, 2.45) is 0 Å². The predicted molar refractivity (Wildman–Crippen MR) is 77.9 cm³/mol. The highest BCUT2D eigenvalue weighted by Crippen LogP contribution is 2.30. The third kappa shape index (κ3) is 3.19. The summed E-state index contributed by atoms with van der Waals surface area (Å²) in [5, 5.41) is 13.2. The summed E-state index contributed by atoms with van der Waals surface area (Å²) in [6.45, 7) is 1.84. The highest BCUT2D eigenvalue weighted by molar-refractivity contribution is 6.36. The zero-order valence-corrected chi connectivity index (χ0v) is 11.6. The average Bonchev–Trinajstić information content (AvgIpc) is 2.34. The van der Waals surface area contributed by atoms with Gasteiger partial charge in [-0.3, -0.25) is 0 Å². The van der Waals surface area contributed by atoms with Gasteiger partial charge in [0, 0.05) is 5.02 Å². The molecule has 2 aromatic rings. The van der Waals surface area contributed by atoms with E-state index in [0.717, 1.165) is 5.56 Å². The number of carbonyl (C=O) groups is 1. The molecule has 0 amide bonds. The van der Waals surface area contributed by atoms with E-state index in [1.807, 2.05) is 13.0 Å². The van der Waals surface area contributed by atoms with Gasteiger partial charge in [0.25, 0.3) is 0 Å². The highest BCUT2D eigenvalue weighted by atomic mass is 35.5. The van der Waals surface area contributed by atoms with Gasteiger partial charge in [-0.05, 0) is 37.3 Å². The minimum absolute atomic E-state index is 0.200. The lowest BCUT2D eigenvalue weighted by Gasteiger charge is -2.12. The Morgan fingerprint density at radius 2 is 1.79 bits per heavy atom. The van der Waals surface area contributed by atoms with E-state index in [1.54, 1.807) is 30.3 Å².